The Bertz CT molecular complexity index is 1070. The Balaban J connectivity index is 1.37. The van der Waals surface area contributed by atoms with E-state index in [2.05, 4.69) is 44.9 Å². The molecule has 0 saturated heterocycles. The lowest BCUT2D eigenvalue weighted by atomic mass is 10.2. The highest BCUT2D eigenvalue weighted by molar-refractivity contribution is 5.58. The summed E-state index contributed by atoms with van der Waals surface area (Å²) in [6, 6.07) is 30.1. The van der Waals surface area contributed by atoms with Crippen molar-refractivity contribution >= 4 is 17.5 Å². The quantitative estimate of drug-likeness (QED) is 0.399. The Kier molecular flexibility index (Phi) is 6.20. The third-order valence-electron chi connectivity index (χ3n) is 4.52. The molecular formula is C25H24N4O. The SMILES string of the molecule is Cc1cc(Nc2ccc(OCc3ccccc3)cc2)nc(NCc2ccccc2)n1. The first kappa shape index (κ1) is 19.5. The first-order valence-corrected chi connectivity index (χ1v) is 9.92. The van der Waals surface area contributed by atoms with E-state index < -0.39 is 0 Å². The van der Waals surface area contributed by atoms with E-state index in [1.807, 2.05) is 73.7 Å². The number of aryl methyl sites for hydroxylation is 1. The molecular weight excluding hydrogens is 372 g/mol. The van der Waals surface area contributed by atoms with Crippen molar-refractivity contribution in [3.63, 3.8) is 0 Å². The largest absolute Gasteiger partial charge is 0.489 e. The Hall–Kier alpha value is -3.86. The molecule has 150 valence electrons. The zero-order valence-electron chi connectivity index (χ0n) is 16.9. The molecule has 5 nitrogen and oxygen atoms in total. The molecule has 0 aliphatic carbocycles. The molecule has 4 aromatic rings. The van der Waals surface area contributed by atoms with Gasteiger partial charge in [0.2, 0.25) is 5.95 Å². The predicted octanol–water partition coefficient (Wildman–Crippen LogP) is 5.72. The second kappa shape index (κ2) is 9.56. The van der Waals surface area contributed by atoms with Crippen molar-refractivity contribution in [2.45, 2.75) is 20.1 Å². The summed E-state index contributed by atoms with van der Waals surface area (Å²) < 4.78 is 5.85. The van der Waals surface area contributed by atoms with Gasteiger partial charge in [-0.05, 0) is 42.3 Å². The van der Waals surface area contributed by atoms with E-state index in [0.717, 1.165) is 28.5 Å². The lowest BCUT2D eigenvalue weighted by molar-refractivity contribution is 0.306. The molecule has 0 fully saturated rings. The zero-order chi connectivity index (χ0) is 20.6. The van der Waals surface area contributed by atoms with Gasteiger partial charge in [-0.15, -0.1) is 0 Å². The van der Waals surface area contributed by atoms with Gasteiger partial charge in [0.1, 0.15) is 18.2 Å². The van der Waals surface area contributed by atoms with E-state index in [-0.39, 0.29) is 0 Å². The highest BCUT2D eigenvalue weighted by atomic mass is 16.5. The first-order chi connectivity index (χ1) is 14.7. The summed E-state index contributed by atoms with van der Waals surface area (Å²) in [4.78, 5) is 9.05. The van der Waals surface area contributed by atoms with Crippen LogP contribution in [0, 0.1) is 6.92 Å². The molecule has 0 saturated carbocycles. The third kappa shape index (κ3) is 5.58. The maximum atomic E-state index is 5.85. The van der Waals surface area contributed by atoms with Crippen LogP contribution in [0.25, 0.3) is 0 Å². The molecule has 0 aliphatic heterocycles. The van der Waals surface area contributed by atoms with Crippen molar-refractivity contribution in [1.29, 1.82) is 0 Å². The van der Waals surface area contributed by atoms with Crippen LogP contribution in [0.2, 0.25) is 0 Å². The van der Waals surface area contributed by atoms with E-state index in [0.29, 0.717) is 19.1 Å². The van der Waals surface area contributed by atoms with Crippen LogP contribution in [0.4, 0.5) is 17.5 Å². The first-order valence-electron chi connectivity index (χ1n) is 9.92. The fourth-order valence-electron chi connectivity index (χ4n) is 3.01. The summed E-state index contributed by atoms with van der Waals surface area (Å²) in [7, 11) is 0. The van der Waals surface area contributed by atoms with Gasteiger partial charge in [0, 0.05) is 24.0 Å². The number of benzene rings is 3. The van der Waals surface area contributed by atoms with E-state index in [1.54, 1.807) is 0 Å². The smallest absolute Gasteiger partial charge is 0.225 e. The molecule has 0 aliphatic rings. The number of anilines is 3. The van der Waals surface area contributed by atoms with Gasteiger partial charge >= 0.3 is 0 Å². The molecule has 0 bridgehead atoms. The molecule has 3 aromatic carbocycles. The number of ether oxygens (including phenoxy) is 1. The molecule has 0 unspecified atom stereocenters. The number of nitrogens with zero attached hydrogens (tertiary/aromatic N) is 2. The minimum absolute atomic E-state index is 0.551. The monoisotopic (exact) mass is 396 g/mol. The lowest BCUT2D eigenvalue weighted by Crippen LogP contribution is -2.06. The minimum atomic E-state index is 0.551. The maximum Gasteiger partial charge on any atom is 0.225 e. The number of rotatable bonds is 8. The van der Waals surface area contributed by atoms with Crippen molar-refractivity contribution in [2.75, 3.05) is 10.6 Å². The third-order valence-corrected chi connectivity index (χ3v) is 4.52. The van der Waals surface area contributed by atoms with Gasteiger partial charge in [0.05, 0.1) is 0 Å². The van der Waals surface area contributed by atoms with Crippen molar-refractivity contribution in [3.05, 3.63) is 108 Å². The predicted molar refractivity (Wildman–Crippen MR) is 121 cm³/mol. The van der Waals surface area contributed by atoms with Crippen LogP contribution in [-0.2, 0) is 13.2 Å². The Labute approximate surface area is 176 Å². The summed E-state index contributed by atoms with van der Waals surface area (Å²) in [5, 5.41) is 6.62. The number of aromatic nitrogens is 2. The van der Waals surface area contributed by atoms with E-state index in [4.69, 9.17) is 4.74 Å². The van der Waals surface area contributed by atoms with Crippen molar-refractivity contribution in [2.24, 2.45) is 0 Å². The van der Waals surface area contributed by atoms with E-state index >= 15 is 0 Å². The number of hydrogen-bond donors (Lipinski definition) is 2. The zero-order valence-corrected chi connectivity index (χ0v) is 16.9. The summed E-state index contributed by atoms with van der Waals surface area (Å²) in [5.41, 5.74) is 4.16. The average molecular weight is 396 g/mol. The van der Waals surface area contributed by atoms with Gasteiger partial charge < -0.3 is 15.4 Å². The Morgan fingerprint density at radius 1 is 0.767 bits per heavy atom. The average Bonchev–Trinajstić information content (AvgIpc) is 2.78. The summed E-state index contributed by atoms with van der Waals surface area (Å²) in [6.45, 7) is 3.19. The molecule has 0 atom stereocenters. The van der Waals surface area contributed by atoms with E-state index in [9.17, 15) is 0 Å². The van der Waals surface area contributed by atoms with Crippen molar-refractivity contribution in [3.8, 4) is 5.75 Å². The summed E-state index contributed by atoms with van der Waals surface area (Å²) >= 11 is 0. The summed E-state index contributed by atoms with van der Waals surface area (Å²) in [6.07, 6.45) is 0. The van der Waals surface area contributed by atoms with Gasteiger partial charge in [0.15, 0.2) is 0 Å². The van der Waals surface area contributed by atoms with Crippen LogP contribution in [0.5, 0.6) is 5.75 Å². The normalized spacial score (nSPS) is 10.4. The molecule has 4 rings (SSSR count). The molecule has 0 radical (unpaired) electrons. The van der Waals surface area contributed by atoms with Crippen LogP contribution in [0.1, 0.15) is 16.8 Å². The molecule has 30 heavy (non-hydrogen) atoms. The second-order valence-electron chi connectivity index (χ2n) is 6.98. The Morgan fingerprint density at radius 3 is 2.13 bits per heavy atom. The van der Waals surface area contributed by atoms with Gasteiger partial charge in [-0.25, -0.2) is 4.98 Å². The number of hydrogen-bond acceptors (Lipinski definition) is 5. The molecule has 0 spiro atoms. The van der Waals surface area contributed by atoms with Gasteiger partial charge in [-0.3, -0.25) is 0 Å². The van der Waals surface area contributed by atoms with Crippen LogP contribution in [-0.4, -0.2) is 9.97 Å². The summed E-state index contributed by atoms with van der Waals surface area (Å²) in [5.74, 6) is 2.17. The Morgan fingerprint density at radius 2 is 1.43 bits per heavy atom. The molecule has 1 heterocycles. The topological polar surface area (TPSA) is 59.1 Å². The number of nitrogens with one attached hydrogen (secondary N) is 2. The molecule has 0 amide bonds. The molecule has 2 N–H and O–H groups in total. The molecule has 5 heteroatoms. The van der Waals surface area contributed by atoms with Gasteiger partial charge in [0.25, 0.3) is 0 Å². The van der Waals surface area contributed by atoms with E-state index in [1.165, 1.54) is 5.56 Å². The minimum Gasteiger partial charge on any atom is -0.489 e. The fourth-order valence-corrected chi connectivity index (χ4v) is 3.01. The van der Waals surface area contributed by atoms with Crippen LogP contribution < -0.4 is 15.4 Å². The lowest BCUT2D eigenvalue weighted by Gasteiger charge is -2.11. The highest BCUT2D eigenvalue weighted by Crippen LogP contribution is 2.21. The maximum absolute atomic E-state index is 5.85. The fraction of sp³-hybridized carbons (Fsp3) is 0.120. The van der Waals surface area contributed by atoms with Crippen LogP contribution >= 0.6 is 0 Å². The molecule has 1 aromatic heterocycles. The van der Waals surface area contributed by atoms with Gasteiger partial charge in [-0.1, -0.05) is 60.7 Å². The van der Waals surface area contributed by atoms with Gasteiger partial charge in [-0.2, -0.15) is 4.98 Å². The standard InChI is InChI=1S/C25H24N4O/c1-19-16-24(29-25(27-19)26-17-20-8-4-2-5-9-20)28-22-12-14-23(15-13-22)30-18-21-10-6-3-7-11-21/h2-16H,17-18H2,1H3,(H2,26,27,28,29). The van der Waals surface area contributed by atoms with Crippen molar-refractivity contribution < 1.29 is 4.74 Å². The van der Waals surface area contributed by atoms with Crippen LogP contribution in [0.3, 0.4) is 0 Å². The highest BCUT2D eigenvalue weighted by Gasteiger charge is 2.04. The van der Waals surface area contributed by atoms with Crippen LogP contribution in [0.15, 0.2) is 91.0 Å². The second-order valence-corrected chi connectivity index (χ2v) is 6.98. The van der Waals surface area contributed by atoms with Crippen molar-refractivity contribution in [1.82, 2.24) is 9.97 Å².